The van der Waals surface area contributed by atoms with Gasteiger partial charge in [-0.1, -0.05) is 41.4 Å². The number of amides is 1. The lowest BCUT2D eigenvalue weighted by Gasteiger charge is -2.20. The number of carbonyl (C=O) groups is 1. The highest BCUT2D eigenvalue weighted by molar-refractivity contribution is 7.80. The fraction of sp³-hybridized carbons (Fsp3) is 0.0667. The zero-order valence-corrected chi connectivity index (χ0v) is 14.9. The highest BCUT2D eigenvalue weighted by Gasteiger charge is 2.24. The van der Waals surface area contributed by atoms with E-state index in [2.05, 4.69) is 10.6 Å². The predicted octanol–water partition coefficient (Wildman–Crippen LogP) is 3.41. The fourth-order valence-electron chi connectivity index (χ4n) is 2.10. The summed E-state index contributed by atoms with van der Waals surface area (Å²) in [6.07, 6.45) is 0. The molecule has 7 nitrogen and oxygen atoms in total. The maximum Gasteiger partial charge on any atom is 0.292 e. The van der Waals surface area contributed by atoms with Crippen LogP contribution in [-0.4, -0.2) is 15.9 Å². The quantitative estimate of drug-likeness (QED) is 0.404. The van der Waals surface area contributed by atoms with Gasteiger partial charge < -0.3 is 16.4 Å². The number of thiocarbonyl (C=S) groups is 1. The van der Waals surface area contributed by atoms with Gasteiger partial charge in [0, 0.05) is 21.7 Å². The van der Waals surface area contributed by atoms with Crippen LogP contribution in [0, 0.1) is 10.1 Å². The van der Waals surface area contributed by atoms with Gasteiger partial charge in [-0.2, -0.15) is 0 Å². The van der Waals surface area contributed by atoms with E-state index in [0.29, 0.717) is 0 Å². The number of para-hydroxylation sites is 2. The number of nitrogens with one attached hydrogen (secondary N) is 2. The van der Waals surface area contributed by atoms with Crippen molar-refractivity contribution in [1.82, 2.24) is 5.32 Å². The van der Waals surface area contributed by atoms with Crippen LogP contribution in [0.15, 0.2) is 42.5 Å². The molecule has 0 spiro atoms. The first-order valence-corrected chi connectivity index (χ1v) is 8.02. The number of nitrogens with two attached hydrogens (primary N) is 1. The summed E-state index contributed by atoms with van der Waals surface area (Å²) >= 11 is 17.3. The molecular weight excluding hydrogens is 387 g/mol. The highest BCUT2D eigenvalue weighted by Crippen LogP contribution is 2.30. The van der Waals surface area contributed by atoms with Crippen LogP contribution in [0.25, 0.3) is 0 Å². The summed E-state index contributed by atoms with van der Waals surface area (Å²) in [4.78, 5) is 22.3. The number of hydrogen-bond donors (Lipinski definition) is 3. The number of nitrogens with zero attached hydrogens (tertiary/aromatic N) is 1. The van der Waals surface area contributed by atoms with Crippen LogP contribution < -0.4 is 16.4 Å². The second kappa shape index (κ2) is 8.11. The maximum atomic E-state index is 11.8. The first-order valence-electron chi connectivity index (χ1n) is 6.85. The van der Waals surface area contributed by atoms with E-state index in [-0.39, 0.29) is 32.1 Å². The van der Waals surface area contributed by atoms with Crippen LogP contribution in [0.3, 0.4) is 0 Å². The van der Waals surface area contributed by atoms with E-state index in [0.717, 1.165) is 0 Å². The van der Waals surface area contributed by atoms with Crippen LogP contribution >= 0.6 is 35.4 Å². The molecule has 130 valence electrons. The Morgan fingerprint density at radius 3 is 2.32 bits per heavy atom. The fourth-order valence-corrected chi connectivity index (χ4v) is 2.94. The summed E-state index contributed by atoms with van der Waals surface area (Å²) in [5.74, 6) is -0.762. The standard InChI is InChI=1S/C15H12Cl2N4O3S/c16-8-4-3-5-9(17)12(8)13(14(18)22)20-15(25)19-10-6-1-2-7-11(10)21(23)24/h1-7,13H,(H2,18,22)(H2,19,20,25). The van der Waals surface area contributed by atoms with Gasteiger partial charge in [-0.05, 0) is 30.4 Å². The number of halogens is 2. The molecule has 2 rings (SSSR count). The van der Waals surface area contributed by atoms with Crippen LogP contribution in [0.2, 0.25) is 10.0 Å². The molecule has 0 heterocycles. The molecule has 1 amide bonds. The lowest BCUT2D eigenvalue weighted by atomic mass is 10.1. The Hall–Kier alpha value is -2.42. The zero-order valence-electron chi connectivity index (χ0n) is 12.5. The Kier molecular flexibility index (Phi) is 6.13. The number of carbonyl (C=O) groups excluding carboxylic acids is 1. The number of primary amides is 1. The van der Waals surface area contributed by atoms with Crippen molar-refractivity contribution in [3.05, 3.63) is 68.2 Å². The lowest BCUT2D eigenvalue weighted by Crippen LogP contribution is -2.40. The Labute approximate surface area is 158 Å². The van der Waals surface area contributed by atoms with Gasteiger partial charge in [0.05, 0.1) is 4.92 Å². The number of nitro benzene ring substituents is 1. The topological polar surface area (TPSA) is 110 Å². The van der Waals surface area contributed by atoms with E-state index < -0.39 is 16.9 Å². The number of anilines is 1. The average molecular weight is 399 g/mol. The van der Waals surface area contributed by atoms with Crippen molar-refractivity contribution in [2.24, 2.45) is 5.73 Å². The Bertz CT molecular complexity index is 827. The summed E-state index contributed by atoms with van der Waals surface area (Å²) in [6.45, 7) is 0. The number of nitro groups is 1. The molecule has 0 radical (unpaired) electrons. The van der Waals surface area contributed by atoms with E-state index in [1.807, 2.05) is 0 Å². The Morgan fingerprint density at radius 1 is 1.16 bits per heavy atom. The minimum absolute atomic E-state index is 0.0471. The third-order valence-electron chi connectivity index (χ3n) is 3.20. The molecule has 0 aromatic heterocycles. The highest BCUT2D eigenvalue weighted by atomic mass is 35.5. The zero-order chi connectivity index (χ0) is 18.6. The molecule has 10 heteroatoms. The molecule has 0 saturated heterocycles. The van der Waals surface area contributed by atoms with Crippen molar-refractivity contribution in [1.29, 1.82) is 0 Å². The molecule has 0 aliphatic carbocycles. The van der Waals surface area contributed by atoms with Crippen LogP contribution in [0.4, 0.5) is 11.4 Å². The number of benzene rings is 2. The van der Waals surface area contributed by atoms with Crippen molar-refractivity contribution in [2.75, 3.05) is 5.32 Å². The van der Waals surface area contributed by atoms with Gasteiger partial charge in [0.15, 0.2) is 5.11 Å². The van der Waals surface area contributed by atoms with E-state index in [9.17, 15) is 14.9 Å². The molecule has 0 saturated carbocycles. The van der Waals surface area contributed by atoms with E-state index in [1.54, 1.807) is 24.3 Å². The normalized spacial score (nSPS) is 11.4. The first kappa shape index (κ1) is 18.9. The molecule has 0 fully saturated rings. The summed E-state index contributed by atoms with van der Waals surface area (Å²) in [5, 5.41) is 16.8. The predicted molar refractivity (Wildman–Crippen MR) is 101 cm³/mol. The molecule has 2 aromatic carbocycles. The molecule has 25 heavy (non-hydrogen) atoms. The first-order chi connectivity index (χ1) is 11.8. The van der Waals surface area contributed by atoms with Crippen molar-refractivity contribution >= 4 is 57.8 Å². The third-order valence-corrected chi connectivity index (χ3v) is 4.08. The van der Waals surface area contributed by atoms with Gasteiger partial charge in [-0.25, -0.2) is 0 Å². The minimum atomic E-state index is -1.11. The van der Waals surface area contributed by atoms with Crippen molar-refractivity contribution in [2.45, 2.75) is 6.04 Å². The van der Waals surface area contributed by atoms with Crippen LogP contribution in [0.5, 0.6) is 0 Å². The molecule has 0 aliphatic heterocycles. The number of hydrogen-bond acceptors (Lipinski definition) is 4. The van der Waals surface area contributed by atoms with Gasteiger partial charge >= 0.3 is 0 Å². The van der Waals surface area contributed by atoms with Gasteiger partial charge in [-0.15, -0.1) is 0 Å². The SMILES string of the molecule is NC(=O)C(NC(=S)Nc1ccccc1[N+](=O)[O-])c1c(Cl)cccc1Cl. The molecule has 1 atom stereocenters. The largest absolute Gasteiger partial charge is 0.368 e. The lowest BCUT2D eigenvalue weighted by molar-refractivity contribution is -0.383. The van der Waals surface area contributed by atoms with Crippen molar-refractivity contribution < 1.29 is 9.72 Å². The minimum Gasteiger partial charge on any atom is -0.368 e. The second-order valence-corrected chi connectivity index (χ2v) is 6.07. The van der Waals surface area contributed by atoms with Gasteiger partial charge in [-0.3, -0.25) is 14.9 Å². The second-order valence-electron chi connectivity index (χ2n) is 4.84. The Morgan fingerprint density at radius 2 is 1.76 bits per heavy atom. The Balaban J connectivity index is 2.26. The summed E-state index contributed by atoms with van der Waals surface area (Å²) < 4.78 is 0. The van der Waals surface area contributed by atoms with E-state index in [4.69, 9.17) is 41.2 Å². The number of rotatable bonds is 5. The summed E-state index contributed by atoms with van der Waals surface area (Å²) in [6, 6.07) is 9.55. The molecular formula is C15H12Cl2N4O3S. The summed E-state index contributed by atoms with van der Waals surface area (Å²) in [7, 11) is 0. The van der Waals surface area contributed by atoms with Crippen molar-refractivity contribution in [3.8, 4) is 0 Å². The molecule has 2 aromatic rings. The van der Waals surface area contributed by atoms with Crippen LogP contribution in [0.1, 0.15) is 11.6 Å². The molecule has 4 N–H and O–H groups in total. The third kappa shape index (κ3) is 4.56. The van der Waals surface area contributed by atoms with Gasteiger partial charge in [0.25, 0.3) is 5.69 Å². The van der Waals surface area contributed by atoms with E-state index in [1.165, 1.54) is 18.2 Å². The molecule has 0 aliphatic rings. The molecule has 0 bridgehead atoms. The van der Waals surface area contributed by atoms with Crippen LogP contribution in [-0.2, 0) is 4.79 Å². The van der Waals surface area contributed by atoms with Crippen molar-refractivity contribution in [3.63, 3.8) is 0 Å². The smallest absolute Gasteiger partial charge is 0.292 e. The molecule has 1 unspecified atom stereocenters. The average Bonchev–Trinajstić information content (AvgIpc) is 2.53. The van der Waals surface area contributed by atoms with Gasteiger partial charge in [0.2, 0.25) is 5.91 Å². The monoisotopic (exact) mass is 398 g/mol. The van der Waals surface area contributed by atoms with E-state index >= 15 is 0 Å². The maximum absolute atomic E-state index is 11.8. The van der Waals surface area contributed by atoms with Gasteiger partial charge in [0.1, 0.15) is 11.7 Å². The summed E-state index contributed by atoms with van der Waals surface area (Å²) in [5.41, 5.74) is 5.68.